The average molecular weight is 275 g/mol. The lowest BCUT2D eigenvalue weighted by Crippen LogP contribution is -2.08. The van der Waals surface area contributed by atoms with Crippen molar-refractivity contribution >= 4 is 11.4 Å². The van der Waals surface area contributed by atoms with Gasteiger partial charge in [-0.1, -0.05) is 6.92 Å². The number of oxazole rings is 1. The normalized spacial score (nSPS) is 10.8. The highest BCUT2D eigenvalue weighted by molar-refractivity contribution is 5.61. The molecule has 3 N–H and O–H groups in total. The van der Waals surface area contributed by atoms with E-state index in [1.54, 1.807) is 6.20 Å². The van der Waals surface area contributed by atoms with Crippen molar-refractivity contribution in [1.82, 2.24) is 4.98 Å². The van der Waals surface area contributed by atoms with Crippen LogP contribution in [0, 0.1) is 0 Å². The zero-order valence-corrected chi connectivity index (χ0v) is 12.1. The van der Waals surface area contributed by atoms with Crippen LogP contribution >= 0.6 is 0 Å². The predicted molar refractivity (Wildman–Crippen MR) is 79.8 cm³/mol. The van der Waals surface area contributed by atoms with E-state index in [-0.39, 0.29) is 6.10 Å². The molecule has 0 atom stereocenters. The van der Waals surface area contributed by atoms with Gasteiger partial charge in [-0.25, -0.2) is 4.98 Å². The highest BCUT2D eigenvalue weighted by Crippen LogP contribution is 2.26. The number of nitrogens with one attached hydrogen (secondary N) is 1. The van der Waals surface area contributed by atoms with Crippen LogP contribution in [0.3, 0.4) is 0 Å². The molecule has 0 radical (unpaired) electrons. The second-order valence-electron chi connectivity index (χ2n) is 4.85. The number of nitrogen functional groups attached to an aromatic ring is 1. The first-order valence-electron chi connectivity index (χ1n) is 6.82. The molecule has 0 unspecified atom stereocenters. The molecule has 0 saturated heterocycles. The van der Waals surface area contributed by atoms with Crippen LogP contribution < -0.4 is 15.8 Å². The second-order valence-corrected chi connectivity index (χ2v) is 4.85. The minimum absolute atomic E-state index is 0.0893. The van der Waals surface area contributed by atoms with E-state index < -0.39 is 0 Å². The van der Waals surface area contributed by atoms with Crippen LogP contribution in [0.25, 0.3) is 0 Å². The second kappa shape index (κ2) is 6.32. The Morgan fingerprint density at radius 2 is 2.20 bits per heavy atom. The van der Waals surface area contributed by atoms with Gasteiger partial charge < -0.3 is 20.2 Å². The van der Waals surface area contributed by atoms with Gasteiger partial charge >= 0.3 is 0 Å². The number of benzene rings is 1. The fourth-order valence-corrected chi connectivity index (χ4v) is 1.77. The van der Waals surface area contributed by atoms with Gasteiger partial charge in [-0.2, -0.15) is 0 Å². The van der Waals surface area contributed by atoms with Crippen LogP contribution in [0.2, 0.25) is 0 Å². The van der Waals surface area contributed by atoms with Crippen LogP contribution in [-0.4, -0.2) is 11.1 Å². The van der Waals surface area contributed by atoms with Crippen molar-refractivity contribution in [2.75, 3.05) is 11.1 Å². The molecule has 2 rings (SSSR count). The molecule has 20 heavy (non-hydrogen) atoms. The molecular formula is C15H21N3O2. The first kappa shape index (κ1) is 14.2. The van der Waals surface area contributed by atoms with E-state index in [0.29, 0.717) is 23.9 Å². The molecule has 108 valence electrons. The third-order valence-corrected chi connectivity index (χ3v) is 2.77. The number of rotatable bonds is 6. The Morgan fingerprint density at radius 1 is 1.40 bits per heavy atom. The van der Waals surface area contributed by atoms with Gasteiger partial charge in [0.05, 0.1) is 24.5 Å². The fraction of sp³-hybridized carbons (Fsp3) is 0.400. The highest BCUT2D eigenvalue weighted by Gasteiger charge is 2.06. The molecule has 0 aliphatic carbocycles. The van der Waals surface area contributed by atoms with Gasteiger partial charge in [0.15, 0.2) is 0 Å². The monoisotopic (exact) mass is 275 g/mol. The molecule has 0 aliphatic heterocycles. The zero-order valence-electron chi connectivity index (χ0n) is 12.1. The van der Waals surface area contributed by atoms with Crippen molar-refractivity contribution < 1.29 is 9.15 Å². The van der Waals surface area contributed by atoms with Crippen molar-refractivity contribution in [3.05, 3.63) is 36.0 Å². The number of hydrogen-bond donors (Lipinski definition) is 2. The van der Waals surface area contributed by atoms with Crippen LogP contribution in [-0.2, 0) is 13.0 Å². The topological polar surface area (TPSA) is 73.3 Å². The van der Waals surface area contributed by atoms with Crippen molar-refractivity contribution in [3.63, 3.8) is 0 Å². The lowest BCUT2D eigenvalue weighted by atomic mass is 10.2. The van der Waals surface area contributed by atoms with Crippen molar-refractivity contribution in [3.8, 4) is 5.75 Å². The lowest BCUT2D eigenvalue weighted by Gasteiger charge is -2.13. The summed E-state index contributed by atoms with van der Waals surface area (Å²) in [4.78, 5) is 4.21. The summed E-state index contributed by atoms with van der Waals surface area (Å²) in [6.07, 6.45) is 2.69. The predicted octanol–water partition coefficient (Wildman–Crippen LogP) is 3.22. The van der Waals surface area contributed by atoms with Gasteiger partial charge in [0.25, 0.3) is 0 Å². The molecular weight excluding hydrogens is 254 g/mol. The Kier molecular flexibility index (Phi) is 4.50. The first-order chi connectivity index (χ1) is 9.58. The number of hydrogen-bond acceptors (Lipinski definition) is 5. The van der Waals surface area contributed by atoms with E-state index in [9.17, 15) is 0 Å². The van der Waals surface area contributed by atoms with Crippen molar-refractivity contribution in [2.45, 2.75) is 39.8 Å². The highest BCUT2D eigenvalue weighted by atomic mass is 16.5. The van der Waals surface area contributed by atoms with E-state index in [4.69, 9.17) is 14.9 Å². The molecule has 0 amide bonds. The van der Waals surface area contributed by atoms with Gasteiger partial charge in [0, 0.05) is 18.2 Å². The molecule has 2 aromatic rings. The Hall–Kier alpha value is -2.17. The minimum atomic E-state index is 0.0893. The summed E-state index contributed by atoms with van der Waals surface area (Å²) in [5.41, 5.74) is 7.44. The molecule has 1 aromatic carbocycles. The number of ether oxygens (including phenoxy) is 1. The van der Waals surface area contributed by atoms with E-state index in [0.717, 1.165) is 17.9 Å². The molecule has 0 bridgehead atoms. The molecule has 0 saturated carbocycles. The largest absolute Gasteiger partial charge is 0.489 e. The molecule has 0 aliphatic rings. The molecule has 1 heterocycles. The Bertz CT molecular complexity index is 564. The average Bonchev–Trinajstić information content (AvgIpc) is 2.87. The number of nitrogens with two attached hydrogens (primary N) is 1. The summed E-state index contributed by atoms with van der Waals surface area (Å²) < 4.78 is 11.2. The molecule has 0 spiro atoms. The van der Waals surface area contributed by atoms with Gasteiger partial charge in [-0.05, 0) is 26.0 Å². The van der Waals surface area contributed by atoms with E-state index in [1.165, 1.54) is 0 Å². The molecule has 5 heteroatoms. The van der Waals surface area contributed by atoms with Gasteiger partial charge in [-0.3, -0.25) is 0 Å². The summed E-state index contributed by atoms with van der Waals surface area (Å²) in [5, 5.41) is 3.25. The zero-order chi connectivity index (χ0) is 14.5. The minimum Gasteiger partial charge on any atom is -0.489 e. The van der Waals surface area contributed by atoms with Crippen molar-refractivity contribution in [1.29, 1.82) is 0 Å². The molecule has 0 fully saturated rings. The van der Waals surface area contributed by atoms with Crippen LogP contribution in [0.15, 0.2) is 28.8 Å². The Morgan fingerprint density at radius 3 is 2.85 bits per heavy atom. The van der Waals surface area contributed by atoms with E-state index >= 15 is 0 Å². The number of nitrogens with zero attached hydrogens (tertiary/aromatic N) is 1. The number of anilines is 2. The van der Waals surface area contributed by atoms with Crippen LogP contribution in [0.5, 0.6) is 5.75 Å². The maximum absolute atomic E-state index is 5.88. The third-order valence-electron chi connectivity index (χ3n) is 2.77. The molecule has 1 aromatic heterocycles. The van der Waals surface area contributed by atoms with Crippen LogP contribution in [0.1, 0.15) is 32.4 Å². The standard InChI is InChI=1S/C15H21N3O2/c1-4-12-8-18-15(20-12)9-17-11-5-6-13(16)14(7-11)19-10(2)3/h5-8,10,17H,4,9,16H2,1-3H3. The maximum atomic E-state index is 5.88. The quantitative estimate of drug-likeness (QED) is 0.792. The maximum Gasteiger partial charge on any atom is 0.213 e. The third kappa shape index (κ3) is 3.66. The number of aryl methyl sites for hydroxylation is 1. The lowest BCUT2D eigenvalue weighted by molar-refractivity contribution is 0.244. The fourth-order valence-electron chi connectivity index (χ4n) is 1.77. The van der Waals surface area contributed by atoms with Gasteiger partial charge in [0.1, 0.15) is 11.5 Å². The smallest absolute Gasteiger partial charge is 0.213 e. The first-order valence-corrected chi connectivity index (χ1v) is 6.82. The van der Waals surface area contributed by atoms with Gasteiger partial charge in [-0.15, -0.1) is 0 Å². The summed E-state index contributed by atoms with van der Waals surface area (Å²) in [7, 11) is 0. The number of aromatic nitrogens is 1. The van der Waals surface area contributed by atoms with E-state index in [2.05, 4.69) is 10.3 Å². The van der Waals surface area contributed by atoms with Crippen molar-refractivity contribution in [2.24, 2.45) is 0 Å². The Labute approximate surface area is 119 Å². The summed E-state index contributed by atoms with van der Waals surface area (Å²) in [6.45, 7) is 6.51. The summed E-state index contributed by atoms with van der Waals surface area (Å²) >= 11 is 0. The van der Waals surface area contributed by atoms with Gasteiger partial charge in [0.2, 0.25) is 5.89 Å². The molecule has 5 nitrogen and oxygen atoms in total. The SMILES string of the molecule is CCc1cnc(CNc2ccc(N)c(OC(C)C)c2)o1. The summed E-state index contributed by atoms with van der Waals surface area (Å²) in [5.74, 6) is 2.25. The summed E-state index contributed by atoms with van der Waals surface area (Å²) in [6, 6.07) is 5.62. The van der Waals surface area contributed by atoms with Crippen LogP contribution in [0.4, 0.5) is 11.4 Å². The Balaban J connectivity index is 2.02. The van der Waals surface area contributed by atoms with E-state index in [1.807, 2.05) is 39.0 Å².